The van der Waals surface area contributed by atoms with Crippen LogP contribution in [0.5, 0.6) is 0 Å². The van der Waals surface area contributed by atoms with Crippen molar-refractivity contribution in [1.82, 2.24) is 0 Å². The molecule has 2 aromatic carbocycles. The number of benzene rings is 2. The van der Waals surface area contributed by atoms with E-state index >= 15 is 0 Å². The molecule has 0 aromatic heterocycles. The first-order valence-corrected chi connectivity index (χ1v) is 11.7. The van der Waals surface area contributed by atoms with Gasteiger partial charge in [0, 0.05) is 0 Å². The second-order valence-corrected chi connectivity index (χ2v) is 10.7. The molecule has 25 heavy (non-hydrogen) atoms. The summed E-state index contributed by atoms with van der Waals surface area (Å²) >= 11 is 0. The fraction of sp³-hybridized carbons (Fsp3) is 0.409. The van der Waals surface area contributed by atoms with Crippen molar-refractivity contribution in [3.05, 3.63) is 71.8 Å². The molecule has 0 aliphatic heterocycles. The Balaban J connectivity index is 1.60. The van der Waals surface area contributed by atoms with Crippen molar-refractivity contribution in [3.8, 4) is 0 Å². The molecule has 136 valence electrons. The minimum Gasteiger partial charge on any atom is -0.454 e. The Morgan fingerprint density at radius 3 is 2.00 bits per heavy atom. The smallest absolute Gasteiger partial charge is 0.349 e. The number of carbonyl (C=O) groups is 1. The van der Waals surface area contributed by atoms with Gasteiger partial charge in [-0.3, -0.25) is 0 Å². The number of unbranched alkanes of at least 4 members (excludes halogenated alkanes) is 3. The van der Waals surface area contributed by atoms with Gasteiger partial charge in [-0.15, -0.1) is 10.0 Å². The van der Waals surface area contributed by atoms with Crippen LogP contribution < -0.4 is 0 Å². The number of rotatable bonds is 9. The van der Waals surface area contributed by atoms with E-state index in [9.17, 15) is 4.79 Å². The Morgan fingerprint density at radius 2 is 1.36 bits per heavy atom. The first-order valence-electron chi connectivity index (χ1n) is 9.03. The fourth-order valence-electron chi connectivity index (χ4n) is 2.75. The second-order valence-electron chi connectivity index (χ2n) is 6.92. The number of hydrogen-bond acceptors (Lipinski definition) is 2. The fourth-order valence-corrected chi connectivity index (χ4v) is 4.22. The molecule has 0 N–H and O–H groups in total. The van der Waals surface area contributed by atoms with Gasteiger partial charge < -0.3 is 4.74 Å². The zero-order valence-electron chi connectivity index (χ0n) is 15.4. The normalized spacial score (nSPS) is 11.9. The molecule has 0 atom stereocenters. The summed E-state index contributed by atoms with van der Waals surface area (Å²) < 4.78 is 5.53. The van der Waals surface area contributed by atoms with Crippen LogP contribution in [-0.4, -0.2) is 23.6 Å². The van der Waals surface area contributed by atoms with Gasteiger partial charge in [-0.05, 0) is 48.7 Å². The third-order valence-electron chi connectivity index (χ3n) is 4.36. The molecule has 0 bridgehead atoms. The number of aryl methyl sites for hydroxylation is 1. The maximum atomic E-state index is 12.4. The van der Waals surface area contributed by atoms with Crippen LogP contribution in [-0.2, 0) is 17.8 Å². The molecule has 2 aromatic rings. The largest absolute Gasteiger partial charge is 0.454 e. The molecule has 3 heteroatoms. The molecule has 2 rings (SSSR count). The molecule has 0 aliphatic carbocycles. The number of ether oxygens (including phenoxy) is 1. The Hall–Kier alpha value is -1.74. The van der Waals surface area contributed by atoms with Crippen molar-refractivity contribution in [1.29, 1.82) is 0 Å². The van der Waals surface area contributed by atoms with Gasteiger partial charge in [0.15, 0.2) is 0 Å². The van der Waals surface area contributed by atoms with E-state index in [-0.39, 0.29) is 5.30 Å². The van der Waals surface area contributed by atoms with Gasteiger partial charge in [0.05, 0.1) is 0 Å². The summed E-state index contributed by atoms with van der Waals surface area (Å²) in [5.74, 6) is 0.964. The third-order valence-corrected chi connectivity index (χ3v) is 6.69. The quantitative estimate of drug-likeness (QED) is 0.394. The van der Waals surface area contributed by atoms with Crippen LogP contribution >= 0.6 is 10.0 Å². The lowest BCUT2D eigenvalue weighted by Crippen LogP contribution is -2.15. The van der Waals surface area contributed by atoms with Crippen LogP contribution in [0, 0.1) is 0 Å². The molecule has 0 fully saturated rings. The summed E-state index contributed by atoms with van der Waals surface area (Å²) in [6.45, 7) is 0.382. The molecule has 2 nitrogen and oxygen atoms in total. The zero-order chi connectivity index (χ0) is 18.0. The van der Waals surface area contributed by atoms with E-state index in [0.29, 0.717) is 6.61 Å². The predicted molar refractivity (Wildman–Crippen MR) is 110 cm³/mol. The van der Waals surface area contributed by atoms with E-state index in [1.807, 2.05) is 30.3 Å². The van der Waals surface area contributed by atoms with E-state index in [0.717, 1.165) is 24.2 Å². The Kier molecular flexibility index (Phi) is 8.07. The van der Waals surface area contributed by atoms with E-state index in [2.05, 4.69) is 42.8 Å². The predicted octanol–water partition coefficient (Wildman–Crippen LogP) is 6.19. The highest BCUT2D eigenvalue weighted by atomic mass is 32.3. The molecule has 0 radical (unpaired) electrons. The number of carbonyl (C=O) groups excluding carboxylic acids is 1. The molecule has 0 amide bonds. The maximum absolute atomic E-state index is 12.4. The first kappa shape index (κ1) is 19.6. The maximum Gasteiger partial charge on any atom is 0.349 e. The third kappa shape index (κ3) is 7.35. The van der Waals surface area contributed by atoms with E-state index in [1.165, 1.54) is 24.8 Å². The van der Waals surface area contributed by atoms with Crippen LogP contribution in [0.4, 0.5) is 4.79 Å². The molecule has 0 saturated heterocycles. The topological polar surface area (TPSA) is 26.3 Å². The SMILES string of the molecule is CS(C)(CCCCCCc1ccccc1)C(=O)OCc1ccccc1. The van der Waals surface area contributed by atoms with Gasteiger partial charge in [-0.2, -0.15) is 0 Å². The van der Waals surface area contributed by atoms with Crippen molar-refractivity contribution in [2.75, 3.05) is 18.3 Å². The molecular formula is C22H30O2S. The first-order chi connectivity index (χ1) is 12.1. The van der Waals surface area contributed by atoms with Crippen molar-refractivity contribution in [3.63, 3.8) is 0 Å². The van der Waals surface area contributed by atoms with Gasteiger partial charge >= 0.3 is 5.30 Å². The highest BCUT2D eigenvalue weighted by molar-refractivity contribution is 8.44. The average Bonchev–Trinajstić information content (AvgIpc) is 2.64. The summed E-state index contributed by atoms with van der Waals surface area (Å²) in [5.41, 5.74) is 2.46. The molecule has 0 aliphatic rings. The summed E-state index contributed by atoms with van der Waals surface area (Å²) in [4.78, 5) is 12.4. The highest BCUT2D eigenvalue weighted by Crippen LogP contribution is 2.43. The van der Waals surface area contributed by atoms with Crippen molar-refractivity contribution < 1.29 is 9.53 Å². The lowest BCUT2D eigenvalue weighted by molar-refractivity contribution is 0.167. The van der Waals surface area contributed by atoms with Crippen LogP contribution in [0.3, 0.4) is 0 Å². The lowest BCUT2D eigenvalue weighted by atomic mass is 10.1. The summed E-state index contributed by atoms with van der Waals surface area (Å²) in [7, 11) is -1.33. The van der Waals surface area contributed by atoms with Crippen LogP contribution in [0.15, 0.2) is 60.7 Å². The van der Waals surface area contributed by atoms with Crippen molar-refractivity contribution in [2.45, 2.75) is 38.7 Å². The monoisotopic (exact) mass is 358 g/mol. The Bertz CT molecular complexity index is 623. The van der Waals surface area contributed by atoms with E-state index in [4.69, 9.17) is 4.74 Å². The van der Waals surface area contributed by atoms with Crippen LogP contribution in [0.2, 0.25) is 0 Å². The van der Waals surface area contributed by atoms with Crippen molar-refractivity contribution >= 4 is 15.3 Å². The molecule has 0 heterocycles. The van der Waals surface area contributed by atoms with Crippen LogP contribution in [0.1, 0.15) is 36.8 Å². The Morgan fingerprint density at radius 1 is 0.800 bits per heavy atom. The standard InChI is InChI=1S/C22H30O2S/c1-25(2,22(23)24-19-21-16-10-6-11-17-21)18-12-4-3-7-13-20-14-8-5-9-15-20/h5-6,8-11,14-17H,3-4,7,12-13,18-19H2,1-2H3. The Labute approximate surface area is 153 Å². The highest BCUT2D eigenvalue weighted by Gasteiger charge is 2.23. The van der Waals surface area contributed by atoms with E-state index in [1.54, 1.807) is 0 Å². The number of hydrogen-bond donors (Lipinski definition) is 0. The van der Waals surface area contributed by atoms with Crippen molar-refractivity contribution in [2.24, 2.45) is 0 Å². The lowest BCUT2D eigenvalue weighted by Gasteiger charge is -2.28. The summed E-state index contributed by atoms with van der Waals surface area (Å²) in [6.07, 6.45) is 10.0. The molecule has 0 unspecified atom stereocenters. The second kappa shape index (κ2) is 10.3. The molecular weight excluding hydrogens is 328 g/mol. The average molecular weight is 359 g/mol. The summed E-state index contributed by atoms with van der Waals surface area (Å²) in [5, 5.41) is -0.0133. The van der Waals surface area contributed by atoms with Gasteiger partial charge in [0.25, 0.3) is 0 Å². The summed E-state index contributed by atoms with van der Waals surface area (Å²) in [6, 6.07) is 20.5. The minimum atomic E-state index is -1.33. The van der Waals surface area contributed by atoms with Gasteiger partial charge in [-0.25, -0.2) is 4.79 Å². The molecule has 0 saturated carbocycles. The minimum absolute atomic E-state index is 0.0133. The van der Waals surface area contributed by atoms with Gasteiger partial charge in [0.1, 0.15) is 6.61 Å². The van der Waals surface area contributed by atoms with Crippen LogP contribution in [0.25, 0.3) is 0 Å². The zero-order valence-corrected chi connectivity index (χ0v) is 16.3. The van der Waals surface area contributed by atoms with Gasteiger partial charge in [-0.1, -0.05) is 73.5 Å². The molecule has 0 spiro atoms. The van der Waals surface area contributed by atoms with Gasteiger partial charge in [0.2, 0.25) is 0 Å². The van der Waals surface area contributed by atoms with E-state index < -0.39 is 10.0 Å².